The lowest BCUT2D eigenvalue weighted by molar-refractivity contribution is 1.11. The first-order valence-electron chi connectivity index (χ1n) is 5.83. The van der Waals surface area contributed by atoms with Gasteiger partial charge in [0.1, 0.15) is 0 Å². The van der Waals surface area contributed by atoms with Crippen molar-refractivity contribution in [2.24, 2.45) is 0 Å². The Balaban J connectivity index is 1.79. The summed E-state index contributed by atoms with van der Waals surface area (Å²) in [7, 11) is 0. The number of fused-ring (bicyclic) bond motifs is 1. The number of aromatic amines is 1. The van der Waals surface area contributed by atoms with Gasteiger partial charge in [-0.1, -0.05) is 27.5 Å². The molecule has 0 atom stereocenters. The molecule has 0 unspecified atom stereocenters. The molecule has 1 aromatic heterocycles. The summed E-state index contributed by atoms with van der Waals surface area (Å²) < 4.78 is 1.05. The van der Waals surface area contributed by atoms with Crippen molar-refractivity contribution >= 4 is 44.1 Å². The normalized spacial score (nSPS) is 10.8. The van der Waals surface area contributed by atoms with Crippen LogP contribution in [0.15, 0.2) is 47.1 Å². The van der Waals surface area contributed by atoms with Crippen LogP contribution in [0.25, 0.3) is 10.9 Å². The smallest absolute Gasteiger partial charge is 0.0670 e. The van der Waals surface area contributed by atoms with Gasteiger partial charge in [0.2, 0.25) is 0 Å². The average molecular weight is 337 g/mol. The van der Waals surface area contributed by atoms with Crippen LogP contribution in [0.2, 0.25) is 5.02 Å². The zero-order valence-electron chi connectivity index (χ0n) is 9.95. The maximum Gasteiger partial charge on any atom is 0.0670 e. The molecule has 0 aliphatic carbocycles. The minimum atomic E-state index is 0.709. The molecule has 0 saturated carbocycles. The minimum absolute atomic E-state index is 0.709. The first-order chi connectivity index (χ1) is 9.22. The predicted octanol–water partition coefficient (Wildman–Crippen LogP) is 4.59. The molecule has 0 amide bonds. The number of hydrogen-bond donors (Lipinski definition) is 2. The van der Waals surface area contributed by atoms with E-state index in [4.69, 9.17) is 11.6 Å². The fraction of sp³-hybridized carbons (Fsp3) is 0.0714. The number of aromatic nitrogens is 2. The Morgan fingerprint density at radius 2 is 2.11 bits per heavy atom. The average Bonchev–Trinajstić information content (AvgIpc) is 2.87. The van der Waals surface area contributed by atoms with E-state index in [0.29, 0.717) is 6.54 Å². The highest BCUT2D eigenvalue weighted by Crippen LogP contribution is 2.23. The fourth-order valence-corrected chi connectivity index (χ4v) is 2.50. The summed E-state index contributed by atoms with van der Waals surface area (Å²) in [5, 5.41) is 12.2. The summed E-state index contributed by atoms with van der Waals surface area (Å²) in [5.74, 6) is 0. The zero-order chi connectivity index (χ0) is 13.2. The maximum atomic E-state index is 6.00. The lowest BCUT2D eigenvalue weighted by Crippen LogP contribution is -2.00. The van der Waals surface area contributed by atoms with E-state index in [1.165, 1.54) is 0 Å². The van der Waals surface area contributed by atoms with Crippen LogP contribution in [0, 0.1) is 0 Å². The Labute approximate surface area is 124 Å². The second kappa shape index (κ2) is 5.23. The molecule has 3 aromatic rings. The Bertz CT molecular complexity index is 724. The van der Waals surface area contributed by atoms with Gasteiger partial charge in [0.25, 0.3) is 0 Å². The third kappa shape index (κ3) is 2.74. The fourth-order valence-electron chi connectivity index (χ4n) is 1.92. The number of H-pyrrole nitrogens is 1. The Kier molecular flexibility index (Phi) is 3.44. The summed E-state index contributed by atoms with van der Waals surface area (Å²) in [6.45, 7) is 0.709. The topological polar surface area (TPSA) is 40.7 Å². The van der Waals surface area contributed by atoms with Crippen LogP contribution in [-0.2, 0) is 6.54 Å². The number of nitrogens with zero attached hydrogens (tertiary/aromatic N) is 1. The van der Waals surface area contributed by atoms with Gasteiger partial charge < -0.3 is 5.32 Å². The largest absolute Gasteiger partial charge is 0.381 e. The molecule has 2 N–H and O–H groups in total. The first-order valence-corrected chi connectivity index (χ1v) is 7.00. The molecule has 0 bridgehead atoms. The second-order valence-electron chi connectivity index (χ2n) is 4.26. The number of nitrogens with one attached hydrogen (secondary N) is 2. The van der Waals surface area contributed by atoms with Crippen molar-refractivity contribution in [1.29, 1.82) is 0 Å². The lowest BCUT2D eigenvalue weighted by atomic mass is 10.2. The number of rotatable bonds is 3. The van der Waals surface area contributed by atoms with Crippen LogP contribution in [0.5, 0.6) is 0 Å². The van der Waals surface area contributed by atoms with Crippen molar-refractivity contribution in [3.8, 4) is 0 Å². The molecule has 0 radical (unpaired) electrons. The highest BCUT2D eigenvalue weighted by Gasteiger charge is 2.02. The van der Waals surface area contributed by atoms with Crippen LogP contribution in [-0.4, -0.2) is 10.2 Å². The highest BCUT2D eigenvalue weighted by atomic mass is 79.9. The van der Waals surface area contributed by atoms with E-state index in [1.807, 2.05) is 42.6 Å². The van der Waals surface area contributed by atoms with Crippen LogP contribution in [0.3, 0.4) is 0 Å². The quantitative estimate of drug-likeness (QED) is 0.734. The van der Waals surface area contributed by atoms with Crippen molar-refractivity contribution in [2.45, 2.75) is 6.54 Å². The van der Waals surface area contributed by atoms with Crippen molar-refractivity contribution in [3.05, 3.63) is 57.7 Å². The van der Waals surface area contributed by atoms with Crippen molar-refractivity contribution < 1.29 is 0 Å². The summed E-state index contributed by atoms with van der Waals surface area (Å²) in [5.41, 5.74) is 3.19. The van der Waals surface area contributed by atoms with E-state index >= 15 is 0 Å². The van der Waals surface area contributed by atoms with Crippen LogP contribution >= 0.6 is 27.5 Å². The molecule has 0 saturated heterocycles. The molecule has 96 valence electrons. The molecular formula is C14H11BrClN3. The maximum absolute atomic E-state index is 6.00. The van der Waals surface area contributed by atoms with E-state index in [1.54, 1.807) is 0 Å². The molecule has 19 heavy (non-hydrogen) atoms. The highest BCUT2D eigenvalue weighted by molar-refractivity contribution is 9.10. The van der Waals surface area contributed by atoms with Crippen LogP contribution in [0.1, 0.15) is 5.56 Å². The van der Waals surface area contributed by atoms with Gasteiger partial charge in [0.05, 0.1) is 11.7 Å². The van der Waals surface area contributed by atoms with Gasteiger partial charge in [0.15, 0.2) is 0 Å². The predicted molar refractivity (Wildman–Crippen MR) is 82.6 cm³/mol. The summed E-state index contributed by atoms with van der Waals surface area (Å²) >= 11 is 9.52. The standard InChI is InChI=1S/C14H11BrClN3/c15-13-4-2-11(16)5-10(13)7-17-12-3-1-9-8-18-19-14(9)6-12/h1-6,8,17H,7H2,(H,18,19). The number of anilines is 1. The molecule has 2 aromatic carbocycles. The van der Waals surface area contributed by atoms with E-state index in [0.717, 1.165) is 31.6 Å². The van der Waals surface area contributed by atoms with Gasteiger partial charge in [-0.2, -0.15) is 5.10 Å². The molecule has 0 aliphatic rings. The van der Waals surface area contributed by atoms with Gasteiger partial charge in [-0.3, -0.25) is 5.10 Å². The van der Waals surface area contributed by atoms with Gasteiger partial charge in [-0.05, 0) is 42.0 Å². The van der Waals surface area contributed by atoms with Crippen molar-refractivity contribution in [1.82, 2.24) is 10.2 Å². The molecule has 0 fully saturated rings. The third-order valence-electron chi connectivity index (χ3n) is 2.93. The summed E-state index contributed by atoms with van der Waals surface area (Å²) in [6.07, 6.45) is 1.81. The molecule has 5 heteroatoms. The van der Waals surface area contributed by atoms with E-state index in [2.05, 4.69) is 31.4 Å². The Morgan fingerprint density at radius 3 is 3.00 bits per heavy atom. The van der Waals surface area contributed by atoms with E-state index in [9.17, 15) is 0 Å². The van der Waals surface area contributed by atoms with Gasteiger partial charge in [-0.25, -0.2) is 0 Å². The molecule has 0 spiro atoms. The monoisotopic (exact) mass is 335 g/mol. The molecule has 0 aliphatic heterocycles. The number of benzene rings is 2. The molecule has 3 nitrogen and oxygen atoms in total. The number of hydrogen-bond acceptors (Lipinski definition) is 2. The van der Waals surface area contributed by atoms with Gasteiger partial charge >= 0.3 is 0 Å². The van der Waals surface area contributed by atoms with Gasteiger partial charge in [-0.15, -0.1) is 0 Å². The van der Waals surface area contributed by atoms with Crippen LogP contribution in [0.4, 0.5) is 5.69 Å². The van der Waals surface area contributed by atoms with Crippen molar-refractivity contribution in [2.75, 3.05) is 5.32 Å². The second-order valence-corrected chi connectivity index (χ2v) is 5.55. The molecule has 3 rings (SSSR count). The van der Waals surface area contributed by atoms with Crippen LogP contribution < -0.4 is 5.32 Å². The first kappa shape index (κ1) is 12.5. The molecule has 1 heterocycles. The lowest BCUT2D eigenvalue weighted by Gasteiger charge is -2.08. The van der Waals surface area contributed by atoms with Crippen molar-refractivity contribution in [3.63, 3.8) is 0 Å². The third-order valence-corrected chi connectivity index (χ3v) is 3.94. The number of halogens is 2. The van der Waals surface area contributed by atoms with E-state index in [-0.39, 0.29) is 0 Å². The van der Waals surface area contributed by atoms with E-state index < -0.39 is 0 Å². The summed E-state index contributed by atoms with van der Waals surface area (Å²) in [4.78, 5) is 0. The SMILES string of the molecule is Clc1ccc(Br)c(CNc2ccc3cn[nH]c3c2)c1. The zero-order valence-corrected chi connectivity index (χ0v) is 12.3. The Hall–Kier alpha value is -1.52. The minimum Gasteiger partial charge on any atom is -0.381 e. The van der Waals surface area contributed by atoms with Gasteiger partial charge in [0, 0.05) is 27.1 Å². The molecular weight excluding hydrogens is 326 g/mol. The Morgan fingerprint density at radius 1 is 1.21 bits per heavy atom. The summed E-state index contributed by atoms with van der Waals surface area (Å²) in [6, 6.07) is 11.9.